The van der Waals surface area contributed by atoms with Crippen molar-refractivity contribution >= 4 is 17.8 Å². The lowest BCUT2D eigenvalue weighted by molar-refractivity contribution is -0.146. The van der Waals surface area contributed by atoms with Gasteiger partial charge in [0.15, 0.2) is 0 Å². The molecule has 0 radical (unpaired) electrons. The number of rotatable bonds is 3. The predicted octanol–water partition coefficient (Wildman–Crippen LogP) is 0.548. The molecule has 1 aromatic heterocycles. The van der Waals surface area contributed by atoms with Crippen LogP contribution in [0.4, 0.5) is 0 Å². The van der Waals surface area contributed by atoms with Crippen molar-refractivity contribution in [3.8, 4) is 0 Å². The summed E-state index contributed by atoms with van der Waals surface area (Å²) in [4.78, 5) is 43.3. The van der Waals surface area contributed by atoms with E-state index in [1.54, 1.807) is 35.3 Å². The Labute approximate surface area is 140 Å². The van der Waals surface area contributed by atoms with Crippen molar-refractivity contribution < 1.29 is 19.5 Å². The van der Waals surface area contributed by atoms with E-state index in [1.807, 2.05) is 6.07 Å². The number of pyridine rings is 1. The summed E-state index contributed by atoms with van der Waals surface area (Å²) in [6.45, 7) is 0.945. The molecule has 2 aliphatic rings. The second-order valence-electron chi connectivity index (χ2n) is 6.57. The van der Waals surface area contributed by atoms with Crippen LogP contribution in [0.3, 0.4) is 0 Å². The van der Waals surface area contributed by atoms with E-state index in [4.69, 9.17) is 0 Å². The van der Waals surface area contributed by atoms with Crippen LogP contribution in [0.2, 0.25) is 0 Å². The number of likely N-dealkylation sites (tertiary alicyclic amines) is 2. The van der Waals surface area contributed by atoms with Crippen molar-refractivity contribution in [3.63, 3.8) is 0 Å². The molecule has 1 aromatic rings. The Kier molecular flexibility index (Phi) is 4.26. The Bertz CT molecular complexity index is 653. The fourth-order valence-corrected chi connectivity index (χ4v) is 3.92. The van der Waals surface area contributed by atoms with Crippen molar-refractivity contribution in [2.24, 2.45) is 5.92 Å². The zero-order valence-electron chi connectivity index (χ0n) is 13.6. The van der Waals surface area contributed by atoms with Gasteiger partial charge in [-0.2, -0.15) is 0 Å². The Morgan fingerprint density at radius 3 is 2.67 bits per heavy atom. The highest BCUT2D eigenvalue weighted by atomic mass is 16.4. The van der Waals surface area contributed by atoms with Crippen LogP contribution in [-0.2, 0) is 20.8 Å². The number of carboxylic acids is 1. The second kappa shape index (κ2) is 6.22. The number of piperidine rings is 1. The van der Waals surface area contributed by atoms with Crippen molar-refractivity contribution in [2.75, 3.05) is 20.1 Å². The van der Waals surface area contributed by atoms with Gasteiger partial charge in [0.1, 0.15) is 0 Å². The maximum Gasteiger partial charge on any atom is 0.309 e. The van der Waals surface area contributed by atoms with E-state index in [2.05, 4.69) is 4.98 Å². The van der Waals surface area contributed by atoms with E-state index >= 15 is 0 Å². The van der Waals surface area contributed by atoms with E-state index in [9.17, 15) is 19.5 Å². The van der Waals surface area contributed by atoms with Gasteiger partial charge in [0.05, 0.1) is 17.9 Å². The molecule has 2 amide bonds. The van der Waals surface area contributed by atoms with Gasteiger partial charge in [-0.15, -0.1) is 0 Å². The third-order valence-electron chi connectivity index (χ3n) is 5.43. The summed E-state index contributed by atoms with van der Waals surface area (Å²) in [6, 6.07) is 3.66. The third kappa shape index (κ3) is 2.74. The predicted molar refractivity (Wildman–Crippen MR) is 85.0 cm³/mol. The number of hydrogen-bond acceptors (Lipinski definition) is 4. The lowest BCUT2D eigenvalue weighted by atomic mass is 9.77. The van der Waals surface area contributed by atoms with Crippen LogP contribution < -0.4 is 0 Å². The molecule has 2 aliphatic heterocycles. The minimum atomic E-state index is -0.928. The standard InChI is InChI=1S/C17H21N3O4/c1-19-14(21)10-13(16(23)24)17(19)4-7-20(8-5-17)15(22)9-12-3-2-6-18-11-12/h2-3,6,11,13H,4-5,7-10H2,1H3,(H,23,24). The summed E-state index contributed by atoms with van der Waals surface area (Å²) >= 11 is 0. The van der Waals surface area contributed by atoms with Gasteiger partial charge in [0.2, 0.25) is 11.8 Å². The fraction of sp³-hybridized carbons (Fsp3) is 0.529. The molecule has 128 valence electrons. The lowest BCUT2D eigenvalue weighted by Crippen LogP contribution is -2.57. The Morgan fingerprint density at radius 2 is 2.08 bits per heavy atom. The van der Waals surface area contributed by atoms with E-state index < -0.39 is 17.4 Å². The summed E-state index contributed by atoms with van der Waals surface area (Å²) < 4.78 is 0. The van der Waals surface area contributed by atoms with Crippen molar-refractivity contribution in [1.29, 1.82) is 0 Å². The van der Waals surface area contributed by atoms with Crippen molar-refractivity contribution in [2.45, 2.75) is 31.2 Å². The molecule has 3 heterocycles. The number of carbonyl (C=O) groups excluding carboxylic acids is 2. The van der Waals surface area contributed by atoms with Gasteiger partial charge >= 0.3 is 5.97 Å². The first-order valence-electron chi connectivity index (χ1n) is 8.10. The van der Waals surface area contributed by atoms with Gasteiger partial charge < -0.3 is 14.9 Å². The number of aromatic nitrogens is 1. The first-order chi connectivity index (χ1) is 11.4. The topological polar surface area (TPSA) is 90.8 Å². The van der Waals surface area contributed by atoms with Crippen LogP contribution in [0.5, 0.6) is 0 Å². The SMILES string of the molecule is CN1C(=O)CC(C(=O)O)C12CCN(C(=O)Cc1cccnc1)CC2. The molecule has 0 aliphatic carbocycles. The smallest absolute Gasteiger partial charge is 0.309 e. The normalized spacial score (nSPS) is 22.9. The Morgan fingerprint density at radius 1 is 1.38 bits per heavy atom. The first kappa shape index (κ1) is 16.4. The van der Waals surface area contributed by atoms with Gasteiger partial charge in [-0.3, -0.25) is 19.4 Å². The maximum atomic E-state index is 12.4. The fourth-order valence-electron chi connectivity index (χ4n) is 3.92. The highest BCUT2D eigenvalue weighted by Crippen LogP contribution is 2.42. The lowest BCUT2D eigenvalue weighted by Gasteiger charge is -2.45. The first-order valence-corrected chi connectivity index (χ1v) is 8.10. The zero-order valence-corrected chi connectivity index (χ0v) is 13.6. The molecule has 1 N–H and O–H groups in total. The number of aliphatic carboxylic acids is 1. The summed E-state index contributed by atoms with van der Waals surface area (Å²) in [6.07, 6.45) is 4.69. The van der Waals surface area contributed by atoms with Gasteiger partial charge in [0.25, 0.3) is 0 Å². The van der Waals surface area contributed by atoms with Crippen molar-refractivity contribution in [3.05, 3.63) is 30.1 Å². The molecule has 1 spiro atoms. The van der Waals surface area contributed by atoms with E-state index in [-0.39, 0.29) is 24.7 Å². The van der Waals surface area contributed by atoms with Crippen LogP contribution in [0, 0.1) is 5.92 Å². The molecule has 0 aromatic carbocycles. The largest absolute Gasteiger partial charge is 0.481 e. The maximum absolute atomic E-state index is 12.4. The average Bonchev–Trinajstić information content (AvgIpc) is 2.82. The van der Waals surface area contributed by atoms with Crippen LogP contribution in [0.25, 0.3) is 0 Å². The quantitative estimate of drug-likeness (QED) is 0.873. The van der Waals surface area contributed by atoms with E-state index in [0.717, 1.165) is 5.56 Å². The van der Waals surface area contributed by atoms with Crippen LogP contribution >= 0.6 is 0 Å². The summed E-state index contributed by atoms with van der Waals surface area (Å²) in [5, 5.41) is 9.47. The van der Waals surface area contributed by atoms with Gasteiger partial charge in [-0.05, 0) is 24.5 Å². The molecule has 2 fully saturated rings. The molecule has 7 heteroatoms. The second-order valence-corrected chi connectivity index (χ2v) is 6.57. The van der Waals surface area contributed by atoms with E-state index in [1.165, 1.54) is 0 Å². The molecule has 24 heavy (non-hydrogen) atoms. The zero-order chi connectivity index (χ0) is 17.3. The molecule has 3 rings (SSSR count). The van der Waals surface area contributed by atoms with Gasteiger partial charge in [-0.1, -0.05) is 6.07 Å². The Hall–Kier alpha value is -2.44. The van der Waals surface area contributed by atoms with Crippen LogP contribution in [0.1, 0.15) is 24.8 Å². The van der Waals surface area contributed by atoms with Gasteiger partial charge in [-0.25, -0.2) is 0 Å². The van der Waals surface area contributed by atoms with Crippen LogP contribution in [0.15, 0.2) is 24.5 Å². The number of amides is 2. The summed E-state index contributed by atoms with van der Waals surface area (Å²) in [7, 11) is 1.68. The van der Waals surface area contributed by atoms with Crippen molar-refractivity contribution in [1.82, 2.24) is 14.8 Å². The highest BCUT2D eigenvalue weighted by Gasteiger charge is 2.55. The number of carbonyl (C=O) groups is 3. The molecule has 1 atom stereocenters. The molecular formula is C17H21N3O4. The number of nitrogens with zero attached hydrogens (tertiary/aromatic N) is 3. The molecule has 1 unspecified atom stereocenters. The molecule has 0 saturated carbocycles. The molecular weight excluding hydrogens is 310 g/mol. The third-order valence-corrected chi connectivity index (χ3v) is 5.43. The summed E-state index contributed by atoms with van der Waals surface area (Å²) in [5.41, 5.74) is 0.202. The molecule has 0 bridgehead atoms. The summed E-state index contributed by atoms with van der Waals surface area (Å²) in [5.74, 6) is -1.73. The van der Waals surface area contributed by atoms with E-state index in [0.29, 0.717) is 25.9 Å². The number of hydrogen-bond donors (Lipinski definition) is 1. The average molecular weight is 331 g/mol. The molecule has 2 saturated heterocycles. The monoisotopic (exact) mass is 331 g/mol. The number of carboxylic acid groups (broad SMARTS) is 1. The molecule has 7 nitrogen and oxygen atoms in total. The minimum absolute atomic E-state index is 0.0108. The minimum Gasteiger partial charge on any atom is -0.481 e. The van der Waals surface area contributed by atoms with Crippen LogP contribution in [-0.4, -0.2) is 63.4 Å². The Balaban J connectivity index is 1.67. The highest BCUT2D eigenvalue weighted by molar-refractivity contribution is 5.88. The van der Waals surface area contributed by atoms with Gasteiger partial charge in [0, 0.05) is 39.0 Å².